The number of benzene rings is 1. The van der Waals surface area contributed by atoms with Gasteiger partial charge in [-0.3, -0.25) is 0 Å². The molecule has 0 atom stereocenters. The fourth-order valence-electron chi connectivity index (χ4n) is 2.59. The number of aromatic nitrogens is 1. The van der Waals surface area contributed by atoms with Crippen molar-refractivity contribution >= 4 is 10.9 Å². The lowest BCUT2D eigenvalue weighted by atomic mass is 9.91. The number of hydrogen-bond donors (Lipinski definition) is 0. The SMILES string of the molecule is Cc1cn(C)c2cc(C(C)C)cc(C(C)C)c12. The Labute approximate surface area is 104 Å². The van der Waals surface area contributed by atoms with Crippen LogP contribution >= 0.6 is 0 Å². The Morgan fingerprint density at radius 2 is 1.65 bits per heavy atom. The third kappa shape index (κ3) is 1.99. The minimum atomic E-state index is 0.581. The molecule has 1 nitrogen and oxygen atoms in total. The molecule has 2 aromatic rings. The summed E-state index contributed by atoms with van der Waals surface area (Å²) in [6.45, 7) is 11.3. The number of nitrogens with zero attached hydrogens (tertiary/aromatic N) is 1. The van der Waals surface area contributed by atoms with E-state index in [0.29, 0.717) is 11.8 Å². The van der Waals surface area contributed by atoms with E-state index >= 15 is 0 Å². The van der Waals surface area contributed by atoms with E-state index in [2.05, 4.69) is 64.6 Å². The van der Waals surface area contributed by atoms with Crippen LogP contribution in [0.15, 0.2) is 18.3 Å². The van der Waals surface area contributed by atoms with Gasteiger partial charge in [0.05, 0.1) is 0 Å². The summed E-state index contributed by atoms with van der Waals surface area (Å²) >= 11 is 0. The molecule has 0 aliphatic rings. The first kappa shape index (κ1) is 12.2. The van der Waals surface area contributed by atoms with Crippen molar-refractivity contribution in [3.05, 3.63) is 35.0 Å². The van der Waals surface area contributed by atoms with Crippen LogP contribution in [0.5, 0.6) is 0 Å². The summed E-state index contributed by atoms with van der Waals surface area (Å²) in [6, 6.07) is 4.74. The van der Waals surface area contributed by atoms with Gasteiger partial charge < -0.3 is 4.57 Å². The molecule has 0 unspecified atom stereocenters. The van der Waals surface area contributed by atoms with Crippen molar-refractivity contribution in [2.45, 2.75) is 46.5 Å². The smallest absolute Gasteiger partial charge is 0.0486 e. The van der Waals surface area contributed by atoms with Crippen LogP contribution in [0.1, 0.15) is 56.2 Å². The summed E-state index contributed by atoms with van der Waals surface area (Å²) in [4.78, 5) is 0. The Kier molecular flexibility index (Phi) is 3.03. The molecule has 0 radical (unpaired) electrons. The molecule has 0 N–H and O–H groups in total. The van der Waals surface area contributed by atoms with Crippen molar-refractivity contribution in [2.75, 3.05) is 0 Å². The quantitative estimate of drug-likeness (QED) is 0.701. The highest BCUT2D eigenvalue weighted by Gasteiger charge is 2.13. The summed E-state index contributed by atoms with van der Waals surface area (Å²) in [5, 5.41) is 1.45. The predicted octanol–water partition coefficient (Wildman–Crippen LogP) is 4.73. The molecule has 92 valence electrons. The molecule has 0 fully saturated rings. The Morgan fingerprint density at radius 3 is 2.18 bits per heavy atom. The van der Waals surface area contributed by atoms with Crippen LogP contribution in [-0.2, 0) is 7.05 Å². The molecule has 1 heterocycles. The normalized spacial score (nSPS) is 12.0. The second kappa shape index (κ2) is 4.21. The number of fused-ring (bicyclic) bond motifs is 1. The Bertz CT molecular complexity index is 544. The largest absolute Gasteiger partial charge is 0.350 e. The molecule has 0 aliphatic carbocycles. The maximum atomic E-state index is 2.39. The van der Waals surface area contributed by atoms with Crippen molar-refractivity contribution < 1.29 is 0 Å². The molecule has 0 saturated heterocycles. The number of hydrogen-bond acceptors (Lipinski definition) is 0. The van der Waals surface area contributed by atoms with Crippen LogP contribution in [0.2, 0.25) is 0 Å². The van der Waals surface area contributed by atoms with Gasteiger partial charge in [-0.1, -0.05) is 33.8 Å². The molecular weight excluding hydrogens is 206 g/mol. The zero-order chi connectivity index (χ0) is 12.7. The van der Waals surface area contributed by atoms with Gasteiger partial charge in [-0.15, -0.1) is 0 Å². The molecule has 0 amide bonds. The van der Waals surface area contributed by atoms with E-state index in [1.165, 1.54) is 27.6 Å². The van der Waals surface area contributed by atoms with E-state index in [9.17, 15) is 0 Å². The van der Waals surface area contributed by atoms with E-state index in [1.54, 1.807) is 0 Å². The van der Waals surface area contributed by atoms with E-state index < -0.39 is 0 Å². The fraction of sp³-hybridized carbons (Fsp3) is 0.500. The molecule has 1 aromatic carbocycles. The van der Waals surface area contributed by atoms with Gasteiger partial charge in [-0.05, 0) is 41.5 Å². The summed E-state index contributed by atoms with van der Waals surface area (Å²) in [5.41, 5.74) is 5.70. The Balaban J connectivity index is 2.83. The molecule has 1 aromatic heterocycles. The lowest BCUT2D eigenvalue weighted by Gasteiger charge is -2.14. The van der Waals surface area contributed by atoms with Gasteiger partial charge in [0.15, 0.2) is 0 Å². The van der Waals surface area contributed by atoms with Gasteiger partial charge >= 0.3 is 0 Å². The van der Waals surface area contributed by atoms with Crippen LogP contribution in [0.3, 0.4) is 0 Å². The third-order valence-electron chi connectivity index (χ3n) is 3.62. The zero-order valence-electron chi connectivity index (χ0n) is 11.8. The second-order valence-corrected chi connectivity index (χ2v) is 5.74. The molecule has 17 heavy (non-hydrogen) atoms. The average molecular weight is 229 g/mol. The van der Waals surface area contributed by atoms with Crippen molar-refractivity contribution in [3.8, 4) is 0 Å². The molecule has 0 bridgehead atoms. The Hall–Kier alpha value is -1.24. The first-order chi connectivity index (χ1) is 7.91. The highest BCUT2D eigenvalue weighted by molar-refractivity contribution is 5.88. The minimum absolute atomic E-state index is 0.581. The van der Waals surface area contributed by atoms with Crippen molar-refractivity contribution in [1.82, 2.24) is 4.57 Å². The lowest BCUT2D eigenvalue weighted by molar-refractivity contribution is 0.839. The van der Waals surface area contributed by atoms with Gasteiger partial charge in [0.1, 0.15) is 0 Å². The monoisotopic (exact) mass is 229 g/mol. The standard InChI is InChI=1S/C16H23N/c1-10(2)13-7-14(11(3)4)16-12(5)9-17(6)15(16)8-13/h7-11H,1-6H3. The van der Waals surface area contributed by atoms with E-state index in [0.717, 1.165) is 0 Å². The summed E-state index contributed by atoms with van der Waals surface area (Å²) in [5.74, 6) is 1.17. The average Bonchev–Trinajstić information content (AvgIpc) is 2.53. The van der Waals surface area contributed by atoms with Crippen LogP contribution in [0.25, 0.3) is 10.9 Å². The van der Waals surface area contributed by atoms with Gasteiger partial charge in [0.2, 0.25) is 0 Å². The third-order valence-corrected chi connectivity index (χ3v) is 3.62. The summed E-state index contributed by atoms with van der Waals surface area (Å²) in [7, 11) is 2.14. The first-order valence-corrected chi connectivity index (χ1v) is 6.51. The van der Waals surface area contributed by atoms with Crippen molar-refractivity contribution in [1.29, 1.82) is 0 Å². The first-order valence-electron chi connectivity index (χ1n) is 6.51. The van der Waals surface area contributed by atoms with E-state index in [1.807, 2.05) is 0 Å². The minimum Gasteiger partial charge on any atom is -0.350 e. The van der Waals surface area contributed by atoms with Crippen molar-refractivity contribution in [2.24, 2.45) is 7.05 Å². The zero-order valence-corrected chi connectivity index (χ0v) is 11.8. The molecule has 2 rings (SSSR count). The maximum absolute atomic E-state index is 2.39. The van der Waals surface area contributed by atoms with E-state index in [-0.39, 0.29) is 0 Å². The maximum Gasteiger partial charge on any atom is 0.0486 e. The van der Waals surface area contributed by atoms with Crippen LogP contribution in [0, 0.1) is 6.92 Å². The summed E-state index contributed by atoms with van der Waals surface area (Å²) < 4.78 is 2.25. The molecule has 0 saturated carbocycles. The lowest BCUT2D eigenvalue weighted by Crippen LogP contribution is -1.96. The fourth-order valence-corrected chi connectivity index (χ4v) is 2.59. The number of aryl methyl sites for hydroxylation is 2. The molecule has 0 spiro atoms. The highest BCUT2D eigenvalue weighted by atomic mass is 14.9. The van der Waals surface area contributed by atoms with Crippen molar-refractivity contribution in [3.63, 3.8) is 0 Å². The predicted molar refractivity (Wildman–Crippen MR) is 75.8 cm³/mol. The second-order valence-electron chi connectivity index (χ2n) is 5.74. The van der Waals surface area contributed by atoms with E-state index in [4.69, 9.17) is 0 Å². The van der Waals surface area contributed by atoms with Gasteiger partial charge in [-0.25, -0.2) is 0 Å². The summed E-state index contributed by atoms with van der Waals surface area (Å²) in [6.07, 6.45) is 2.24. The highest BCUT2D eigenvalue weighted by Crippen LogP contribution is 2.32. The molecule has 0 aliphatic heterocycles. The van der Waals surface area contributed by atoms with Gasteiger partial charge in [-0.2, -0.15) is 0 Å². The van der Waals surface area contributed by atoms with Gasteiger partial charge in [0.25, 0.3) is 0 Å². The van der Waals surface area contributed by atoms with Gasteiger partial charge in [0, 0.05) is 24.1 Å². The van der Waals surface area contributed by atoms with Crippen LogP contribution in [0.4, 0.5) is 0 Å². The molecular formula is C16H23N. The number of rotatable bonds is 2. The Morgan fingerprint density at radius 1 is 1.00 bits per heavy atom. The topological polar surface area (TPSA) is 4.93 Å². The van der Waals surface area contributed by atoms with Crippen LogP contribution < -0.4 is 0 Å². The molecule has 1 heteroatoms. The van der Waals surface area contributed by atoms with Crippen LogP contribution in [-0.4, -0.2) is 4.57 Å².